The number of ether oxygens (including phenoxy) is 1. The van der Waals surface area contributed by atoms with E-state index in [1.165, 1.54) is 13.2 Å². The average Bonchev–Trinajstić information content (AvgIpc) is 2.83. The quantitative estimate of drug-likeness (QED) is 0.360. The van der Waals surface area contributed by atoms with Crippen molar-refractivity contribution in [3.05, 3.63) is 106 Å². The topological polar surface area (TPSA) is 96.5 Å². The first-order valence-corrected chi connectivity index (χ1v) is 10.3. The van der Waals surface area contributed by atoms with Gasteiger partial charge in [0.15, 0.2) is 0 Å². The summed E-state index contributed by atoms with van der Waals surface area (Å²) in [6, 6.07) is 22.1. The van der Waals surface area contributed by atoms with Crippen LogP contribution < -0.4 is 20.9 Å². The first-order chi connectivity index (χ1) is 15.5. The second kappa shape index (κ2) is 10.9. The van der Waals surface area contributed by atoms with Crippen LogP contribution in [0.25, 0.3) is 6.08 Å². The van der Waals surface area contributed by atoms with Gasteiger partial charge in [-0.25, -0.2) is 0 Å². The van der Waals surface area contributed by atoms with Gasteiger partial charge in [-0.2, -0.15) is 0 Å². The van der Waals surface area contributed by atoms with Crippen molar-refractivity contribution in [1.29, 1.82) is 0 Å². The highest BCUT2D eigenvalue weighted by Gasteiger charge is 2.16. The van der Waals surface area contributed by atoms with Crippen molar-refractivity contribution >= 4 is 39.7 Å². The minimum Gasteiger partial charge on any atom is -0.497 e. The van der Waals surface area contributed by atoms with Gasteiger partial charge in [-0.1, -0.05) is 46.3 Å². The van der Waals surface area contributed by atoms with Gasteiger partial charge < -0.3 is 10.1 Å². The molecule has 32 heavy (non-hydrogen) atoms. The molecule has 3 amide bonds. The van der Waals surface area contributed by atoms with Crippen molar-refractivity contribution in [3.63, 3.8) is 0 Å². The Balaban J connectivity index is 1.78. The van der Waals surface area contributed by atoms with Gasteiger partial charge in [0.1, 0.15) is 11.4 Å². The Morgan fingerprint density at radius 3 is 2.03 bits per heavy atom. The highest BCUT2D eigenvalue weighted by molar-refractivity contribution is 9.10. The fourth-order valence-electron chi connectivity index (χ4n) is 2.66. The van der Waals surface area contributed by atoms with Crippen molar-refractivity contribution in [1.82, 2.24) is 16.2 Å². The summed E-state index contributed by atoms with van der Waals surface area (Å²) in [6.45, 7) is 0. The third-order valence-corrected chi connectivity index (χ3v) is 4.88. The molecule has 0 aliphatic heterocycles. The molecule has 0 heterocycles. The zero-order valence-electron chi connectivity index (χ0n) is 17.1. The van der Waals surface area contributed by atoms with Crippen molar-refractivity contribution in [2.45, 2.75) is 0 Å². The Labute approximate surface area is 193 Å². The van der Waals surface area contributed by atoms with E-state index in [-0.39, 0.29) is 5.70 Å². The molecule has 3 N–H and O–H groups in total. The van der Waals surface area contributed by atoms with E-state index in [0.29, 0.717) is 22.4 Å². The molecule has 0 saturated carbocycles. The fourth-order valence-corrected chi connectivity index (χ4v) is 2.93. The van der Waals surface area contributed by atoms with Crippen molar-refractivity contribution in [2.75, 3.05) is 7.11 Å². The van der Waals surface area contributed by atoms with E-state index in [2.05, 4.69) is 32.1 Å². The molecule has 0 saturated heterocycles. The van der Waals surface area contributed by atoms with E-state index in [0.717, 1.165) is 4.47 Å². The van der Waals surface area contributed by atoms with E-state index in [9.17, 15) is 14.4 Å². The molecule has 8 heteroatoms. The van der Waals surface area contributed by atoms with Gasteiger partial charge in [-0.3, -0.25) is 25.2 Å². The maximum Gasteiger partial charge on any atom is 0.286 e. The lowest BCUT2D eigenvalue weighted by Crippen LogP contribution is -2.45. The van der Waals surface area contributed by atoms with Gasteiger partial charge in [0.2, 0.25) is 0 Å². The van der Waals surface area contributed by atoms with Crippen LogP contribution >= 0.6 is 15.9 Å². The third-order valence-electron chi connectivity index (χ3n) is 4.35. The molecule has 0 bridgehead atoms. The highest BCUT2D eigenvalue weighted by atomic mass is 79.9. The molecule has 0 aromatic heterocycles. The van der Waals surface area contributed by atoms with Gasteiger partial charge in [0.05, 0.1) is 7.11 Å². The van der Waals surface area contributed by atoms with Crippen molar-refractivity contribution < 1.29 is 19.1 Å². The minimum atomic E-state index is -0.681. The second-order valence-electron chi connectivity index (χ2n) is 6.57. The van der Waals surface area contributed by atoms with Crippen molar-refractivity contribution in [3.8, 4) is 5.75 Å². The summed E-state index contributed by atoms with van der Waals surface area (Å²) in [5, 5.41) is 2.60. The summed E-state index contributed by atoms with van der Waals surface area (Å²) in [5.41, 5.74) is 6.05. The highest BCUT2D eigenvalue weighted by Crippen LogP contribution is 2.14. The molecule has 0 fully saturated rings. The van der Waals surface area contributed by atoms with Crippen LogP contribution in [-0.4, -0.2) is 24.8 Å². The summed E-state index contributed by atoms with van der Waals surface area (Å²) in [5.74, 6) is -1.04. The third kappa shape index (κ3) is 6.29. The maximum absolute atomic E-state index is 12.8. The number of halogens is 1. The summed E-state index contributed by atoms with van der Waals surface area (Å²) in [6.07, 6.45) is 1.51. The smallest absolute Gasteiger partial charge is 0.286 e. The number of benzene rings is 3. The summed E-state index contributed by atoms with van der Waals surface area (Å²) in [4.78, 5) is 37.7. The summed E-state index contributed by atoms with van der Waals surface area (Å²) in [7, 11) is 1.53. The van der Waals surface area contributed by atoms with Crippen molar-refractivity contribution in [2.24, 2.45) is 0 Å². The number of hydrogen-bond acceptors (Lipinski definition) is 4. The van der Waals surface area contributed by atoms with Crippen LogP contribution in [0.1, 0.15) is 26.3 Å². The number of nitrogens with one attached hydrogen (secondary N) is 3. The molecule has 0 aliphatic rings. The number of carbonyl (C=O) groups is 3. The van der Waals surface area contributed by atoms with Gasteiger partial charge in [-0.05, 0) is 60.2 Å². The lowest BCUT2D eigenvalue weighted by atomic mass is 10.1. The van der Waals surface area contributed by atoms with Gasteiger partial charge >= 0.3 is 0 Å². The minimum absolute atomic E-state index is 0.0403. The first-order valence-electron chi connectivity index (χ1n) is 9.54. The lowest BCUT2D eigenvalue weighted by molar-refractivity contribution is -0.118. The molecular weight excluding hydrogens is 474 g/mol. The molecule has 162 valence electrons. The van der Waals surface area contributed by atoms with Crippen LogP contribution in [0.5, 0.6) is 5.75 Å². The Hall–Kier alpha value is -3.91. The number of rotatable bonds is 6. The standard InChI is InChI=1S/C24H20BrN3O4/c1-32-20-13-9-18(10-14-20)22(29)26-21(15-16-7-11-19(25)12-8-16)24(31)28-27-23(30)17-5-3-2-4-6-17/h2-15H,1H3,(H,26,29)(H,27,30)(H,28,31)/b21-15-. The zero-order valence-corrected chi connectivity index (χ0v) is 18.7. The van der Waals surface area contributed by atoms with Crippen LogP contribution in [0.2, 0.25) is 0 Å². The monoisotopic (exact) mass is 493 g/mol. The molecular formula is C24H20BrN3O4. The lowest BCUT2D eigenvalue weighted by Gasteiger charge is -2.12. The average molecular weight is 494 g/mol. The number of methoxy groups -OCH3 is 1. The van der Waals surface area contributed by atoms with E-state index >= 15 is 0 Å². The fraction of sp³-hybridized carbons (Fsp3) is 0.0417. The molecule has 3 rings (SSSR count). The van der Waals surface area contributed by atoms with Crippen LogP contribution in [0.4, 0.5) is 0 Å². The molecule has 0 spiro atoms. The van der Waals surface area contributed by atoms with E-state index < -0.39 is 17.7 Å². The molecule has 7 nitrogen and oxygen atoms in total. The Morgan fingerprint density at radius 2 is 1.41 bits per heavy atom. The molecule has 0 aliphatic carbocycles. The van der Waals surface area contributed by atoms with Crippen LogP contribution in [0.3, 0.4) is 0 Å². The summed E-state index contributed by atoms with van der Waals surface area (Å²) >= 11 is 3.36. The van der Waals surface area contributed by atoms with Gasteiger partial charge in [0, 0.05) is 15.6 Å². The SMILES string of the molecule is COc1ccc(C(=O)N/C(=C\c2ccc(Br)cc2)C(=O)NNC(=O)c2ccccc2)cc1. The van der Waals surface area contributed by atoms with Gasteiger partial charge in [0.25, 0.3) is 17.7 Å². The predicted octanol–water partition coefficient (Wildman–Crippen LogP) is 3.69. The maximum atomic E-state index is 12.8. The van der Waals surface area contributed by atoms with Gasteiger partial charge in [-0.15, -0.1) is 0 Å². The largest absolute Gasteiger partial charge is 0.497 e. The number of hydrogen-bond donors (Lipinski definition) is 3. The molecule has 0 atom stereocenters. The van der Waals surface area contributed by atoms with Crippen LogP contribution in [0, 0.1) is 0 Å². The van der Waals surface area contributed by atoms with Crippen LogP contribution in [0.15, 0.2) is 89.0 Å². The predicted molar refractivity (Wildman–Crippen MR) is 125 cm³/mol. The number of amides is 3. The number of carbonyl (C=O) groups excluding carboxylic acids is 3. The van der Waals surface area contributed by atoms with Crippen LogP contribution in [-0.2, 0) is 4.79 Å². The second-order valence-corrected chi connectivity index (χ2v) is 7.48. The van der Waals surface area contributed by atoms with E-state index in [1.807, 2.05) is 12.1 Å². The summed E-state index contributed by atoms with van der Waals surface area (Å²) < 4.78 is 5.97. The zero-order chi connectivity index (χ0) is 22.9. The molecule has 3 aromatic carbocycles. The van der Waals surface area contributed by atoms with E-state index in [4.69, 9.17) is 4.74 Å². The molecule has 3 aromatic rings. The Morgan fingerprint density at radius 1 is 0.781 bits per heavy atom. The number of hydrazine groups is 1. The normalized spacial score (nSPS) is 10.8. The Bertz CT molecular complexity index is 1130. The first kappa shape index (κ1) is 22.8. The van der Waals surface area contributed by atoms with E-state index in [1.54, 1.807) is 66.7 Å². The molecule has 0 radical (unpaired) electrons. The Kier molecular flexibility index (Phi) is 7.77. The molecule has 0 unspecified atom stereocenters.